The molecule has 26 heavy (non-hydrogen) atoms. The summed E-state index contributed by atoms with van der Waals surface area (Å²) in [5.41, 5.74) is 1.60. The fourth-order valence-electron chi connectivity index (χ4n) is 3.55. The van der Waals surface area contributed by atoms with E-state index >= 15 is 0 Å². The first-order valence-electron chi connectivity index (χ1n) is 9.05. The third kappa shape index (κ3) is 3.81. The molecule has 0 aliphatic carbocycles. The van der Waals surface area contributed by atoms with Crippen LogP contribution in [-0.2, 0) is 4.74 Å². The number of benzene rings is 1. The highest BCUT2D eigenvalue weighted by atomic mass is 16.5. The van der Waals surface area contributed by atoms with Crippen molar-refractivity contribution in [2.24, 2.45) is 22.2 Å². The number of nitrogens with zero attached hydrogens (tertiary/aromatic N) is 3. The molecule has 1 saturated heterocycles. The number of hydrogen-bond acceptors (Lipinski definition) is 5. The van der Waals surface area contributed by atoms with E-state index in [9.17, 15) is 4.79 Å². The zero-order valence-electron chi connectivity index (χ0n) is 15.8. The van der Waals surface area contributed by atoms with Crippen molar-refractivity contribution >= 4 is 22.6 Å². The van der Waals surface area contributed by atoms with Gasteiger partial charge in [-0.15, -0.1) is 5.11 Å². The molecule has 0 radical (unpaired) electrons. The summed E-state index contributed by atoms with van der Waals surface area (Å²) in [5.74, 6) is 1.41. The molecule has 0 amide bonds. The number of rotatable bonds is 5. The number of H-pyrrole nitrogens is 1. The summed E-state index contributed by atoms with van der Waals surface area (Å²) < 4.78 is 10.5. The average molecular weight is 358 g/mol. The fourth-order valence-corrected chi connectivity index (χ4v) is 3.55. The monoisotopic (exact) mass is 358 g/mol. The molecule has 1 fully saturated rings. The van der Waals surface area contributed by atoms with E-state index in [0.717, 1.165) is 24.0 Å². The van der Waals surface area contributed by atoms with Crippen LogP contribution in [0, 0.1) is 11.8 Å². The standard InChI is InChI=1S/C19H26N4O3/c1-5-26-19(24)18-17(15-9-14(25-4)6-7-16(15)20-18)21-22-23-10-12(2)8-13(3)11-23/h6-7,9,12-13,20H,5,8,10-11H2,1-4H3/t12-,13+. The first-order chi connectivity index (χ1) is 12.5. The van der Waals surface area contributed by atoms with Crippen molar-refractivity contribution in [1.82, 2.24) is 9.99 Å². The summed E-state index contributed by atoms with van der Waals surface area (Å²) in [5, 5.41) is 11.6. The lowest BCUT2D eigenvalue weighted by molar-refractivity contribution is 0.0521. The van der Waals surface area contributed by atoms with Crippen LogP contribution >= 0.6 is 0 Å². The molecule has 1 aromatic carbocycles. The van der Waals surface area contributed by atoms with Crippen LogP contribution in [0.1, 0.15) is 37.7 Å². The maximum atomic E-state index is 12.3. The van der Waals surface area contributed by atoms with Crippen molar-refractivity contribution in [3.63, 3.8) is 0 Å². The number of esters is 1. The van der Waals surface area contributed by atoms with E-state index in [1.54, 1.807) is 14.0 Å². The Hall–Kier alpha value is -2.57. The van der Waals surface area contributed by atoms with Gasteiger partial charge in [-0.3, -0.25) is 5.01 Å². The molecule has 2 heterocycles. The highest BCUT2D eigenvalue weighted by Gasteiger charge is 2.23. The maximum absolute atomic E-state index is 12.3. The van der Waals surface area contributed by atoms with Crippen molar-refractivity contribution in [2.45, 2.75) is 27.2 Å². The van der Waals surface area contributed by atoms with Gasteiger partial charge in [0.15, 0.2) is 5.69 Å². The first kappa shape index (κ1) is 18.2. The lowest BCUT2D eigenvalue weighted by Crippen LogP contribution is -2.34. The quantitative estimate of drug-likeness (QED) is 0.637. The Morgan fingerprint density at radius 3 is 2.69 bits per heavy atom. The van der Waals surface area contributed by atoms with Crippen molar-refractivity contribution in [3.8, 4) is 5.75 Å². The van der Waals surface area contributed by atoms with Gasteiger partial charge in [0.25, 0.3) is 0 Å². The third-order valence-electron chi connectivity index (χ3n) is 4.58. The highest BCUT2D eigenvalue weighted by Crippen LogP contribution is 2.34. The molecular weight excluding hydrogens is 332 g/mol. The number of methoxy groups -OCH3 is 1. The predicted octanol–water partition coefficient (Wildman–Crippen LogP) is 4.33. The van der Waals surface area contributed by atoms with Gasteiger partial charge >= 0.3 is 5.97 Å². The molecule has 0 spiro atoms. The topological polar surface area (TPSA) is 79.3 Å². The molecular formula is C19H26N4O3. The lowest BCUT2D eigenvalue weighted by atomic mass is 9.93. The average Bonchev–Trinajstić information content (AvgIpc) is 2.97. The number of piperidine rings is 1. The van der Waals surface area contributed by atoms with Crippen molar-refractivity contribution in [1.29, 1.82) is 0 Å². The second-order valence-electron chi connectivity index (χ2n) is 6.99. The smallest absolute Gasteiger partial charge is 0.357 e. The lowest BCUT2D eigenvalue weighted by Gasteiger charge is -2.31. The molecule has 140 valence electrons. The minimum Gasteiger partial charge on any atom is -0.497 e. The molecule has 3 rings (SSSR count). The predicted molar refractivity (Wildman–Crippen MR) is 99.8 cm³/mol. The van der Waals surface area contributed by atoms with Crippen LogP contribution in [0.15, 0.2) is 28.5 Å². The van der Waals surface area contributed by atoms with E-state index in [1.807, 2.05) is 23.2 Å². The molecule has 7 nitrogen and oxygen atoms in total. The van der Waals surface area contributed by atoms with Gasteiger partial charge in [-0.2, -0.15) is 0 Å². The number of aromatic nitrogens is 1. The summed E-state index contributed by atoms with van der Waals surface area (Å²) in [6.07, 6.45) is 1.20. The number of ether oxygens (including phenoxy) is 2. The summed E-state index contributed by atoms with van der Waals surface area (Å²) in [6.45, 7) is 8.26. The van der Waals surface area contributed by atoms with E-state index in [4.69, 9.17) is 9.47 Å². The third-order valence-corrected chi connectivity index (χ3v) is 4.58. The normalized spacial score (nSPS) is 20.7. The zero-order chi connectivity index (χ0) is 18.7. The van der Waals surface area contributed by atoms with Crippen LogP contribution in [0.3, 0.4) is 0 Å². The molecule has 1 aliphatic heterocycles. The minimum absolute atomic E-state index is 0.301. The number of aromatic amines is 1. The molecule has 2 atom stereocenters. The van der Waals surface area contributed by atoms with Crippen LogP contribution in [-0.4, -0.2) is 42.8 Å². The fraction of sp³-hybridized carbons (Fsp3) is 0.526. The van der Waals surface area contributed by atoms with Crippen LogP contribution in [0.2, 0.25) is 0 Å². The molecule has 0 bridgehead atoms. The summed E-state index contributed by atoms with van der Waals surface area (Å²) in [4.78, 5) is 15.4. The molecule has 0 unspecified atom stereocenters. The first-order valence-corrected chi connectivity index (χ1v) is 9.05. The van der Waals surface area contributed by atoms with Crippen molar-refractivity contribution in [2.75, 3.05) is 26.8 Å². The van der Waals surface area contributed by atoms with Crippen LogP contribution in [0.25, 0.3) is 10.9 Å². The van der Waals surface area contributed by atoms with Gasteiger partial charge in [-0.05, 0) is 43.4 Å². The van der Waals surface area contributed by atoms with Gasteiger partial charge in [-0.1, -0.05) is 19.1 Å². The Balaban J connectivity index is 1.99. The van der Waals surface area contributed by atoms with Gasteiger partial charge in [0.05, 0.1) is 13.7 Å². The number of nitrogens with one attached hydrogen (secondary N) is 1. The molecule has 0 saturated carbocycles. The van der Waals surface area contributed by atoms with Crippen LogP contribution < -0.4 is 4.74 Å². The summed E-state index contributed by atoms with van der Waals surface area (Å²) >= 11 is 0. The Morgan fingerprint density at radius 1 is 1.31 bits per heavy atom. The van der Waals surface area contributed by atoms with Gasteiger partial charge in [0.2, 0.25) is 0 Å². The molecule has 2 aromatic rings. The maximum Gasteiger partial charge on any atom is 0.357 e. The Morgan fingerprint density at radius 2 is 2.04 bits per heavy atom. The molecule has 1 N–H and O–H groups in total. The van der Waals surface area contributed by atoms with Crippen molar-refractivity contribution in [3.05, 3.63) is 23.9 Å². The molecule has 1 aromatic heterocycles. The van der Waals surface area contributed by atoms with Gasteiger partial charge < -0.3 is 14.5 Å². The second kappa shape index (κ2) is 7.76. The number of carbonyl (C=O) groups is 1. The highest BCUT2D eigenvalue weighted by molar-refractivity contribution is 6.05. The number of fused-ring (bicyclic) bond motifs is 1. The number of carbonyl (C=O) groups excluding carboxylic acids is 1. The SMILES string of the molecule is CCOC(=O)c1[nH]c2ccc(OC)cc2c1N=NN1C[C@H](C)C[C@H](C)C1. The van der Waals surface area contributed by atoms with E-state index in [2.05, 4.69) is 29.2 Å². The minimum atomic E-state index is -0.433. The second-order valence-corrected chi connectivity index (χ2v) is 6.99. The van der Waals surface area contributed by atoms with E-state index in [0.29, 0.717) is 35.6 Å². The molecule has 7 heteroatoms. The summed E-state index contributed by atoms with van der Waals surface area (Å²) in [7, 11) is 1.61. The van der Waals surface area contributed by atoms with Crippen molar-refractivity contribution < 1.29 is 14.3 Å². The van der Waals surface area contributed by atoms with E-state index < -0.39 is 5.97 Å². The Labute approximate surface area is 153 Å². The van der Waals surface area contributed by atoms with E-state index in [1.165, 1.54) is 6.42 Å². The molecule has 1 aliphatic rings. The largest absolute Gasteiger partial charge is 0.497 e. The Kier molecular flexibility index (Phi) is 5.44. The van der Waals surface area contributed by atoms with Crippen LogP contribution in [0.4, 0.5) is 5.69 Å². The summed E-state index contributed by atoms with van der Waals surface area (Å²) in [6, 6.07) is 5.55. The van der Waals surface area contributed by atoms with Gasteiger partial charge in [-0.25, -0.2) is 4.79 Å². The van der Waals surface area contributed by atoms with E-state index in [-0.39, 0.29) is 0 Å². The zero-order valence-corrected chi connectivity index (χ0v) is 15.8. The number of hydrogen-bond donors (Lipinski definition) is 1. The Bertz CT molecular complexity index is 804. The van der Waals surface area contributed by atoms with Gasteiger partial charge in [0.1, 0.15) is 11.4 Å². The van der Waals surface area contributed by atoms with Crippen LogP contribution in [0.5, 0.6) is 5.75 Å². The van der Waals surface area contributed by atoms with Gasteiger partial charge in [0, 0.05) is 24.0 Å².